The number of aryl methyl sites for hydroxylation is 2. The molecule has 0 heterocycles. The van der Waals surface area contributed by atoms with E-state index in [1.165, 1.54) is 44.1 Å². The molecule has 0 aromatic heterocycles. The first-order chi connectivity index (χ1) is 10.6. The normalized spacial score (nSPS) is 13.4. The molecule has 0 saturated carbocycles. The lowest BCUT2D eigenvalue weighted by atomic mass is 9.94. The van der Waals surface area contributed by atoms with Crippen molar-refractivity contribution in [3.63, 3.8) is 0 Å². The minimum absolute atomic E-state index is 0. The molecule has 1 rings (SSSR count). The van der Waals surface area contributed by atoms with Gasteiger partial charge in [0.1, 0.15) is 6.67 Å². The summed E-state index contributed by atoms with van der Waals surface area (Å²) in [7, 11) is 0. The lowest BCUT2D eigenvalue weighted by Crippen LogP contribution is -2.46. The lowest BCUT2D eigenvalue weighted by molar-refractivity contribution is 0.157. The van der Waals surface area contributed by atoms with Gasteiger partial charge in [0.2, 0.25) is 0 Å². The van der Waals surface area contributed by atoms with E-state index in [-0.39, 0.29) is 19.0 Å². The summed E-state index contributed by atoms with van der Waals surface area (Å²) in [6, 6.07) is 8.52. The SMILES string of the molecule is CCCCCCCCc1ccc(CCC(N)(CO)CF)cc1.Cl. The van der Waals surface area contributed by atoms with Gasteiger partial charge in [0, 0.05) is 0 Å². The Labute approximate surface area is 147 Å². The van der Waals surface area contributed by atoms with E-state index in [0.29, 0.717) is 12.8 Å². The molecule has 1 unspecified atom stereocenters. The maximum absolute atomic E-state index is 12.8. The van der Waals surface area contributed by atoms with Gasteiger partial charge in [0.25, 0.3) is 0 Å². The number of hydrogen-bond acceptors (Lipinski definition) is 2. The molecule has 4 heteroatoms. The van der Waals surface area contributed by atoms with E-state index in [0.717, 1.165) is 12.0 Å². The predicted molar refractivity (Wildman–Crippen MR) is 99.1 cm³/mol. The number of nitrogens with two attached hydrogens (primary N) is 1. The minimum atomic E-state index is -1.09. The van der Waals surface area contributed by atoms with E-state index in [2.05, 4.69) is 31.2 Å². The van der Waals surface area contributed by atoms with Crippen molar-refractivity contribution in [2.75, 3.05) is 13.3 Å². The summed E-state index contributed by atoms with van der Waals surface area (Å²) < 4.78 is 12.8. The molecule has 1 atom stereocenters. The van der Waals surface area contributed by atoms with Crippen molar-refractivity contribution in [1.29, 1.82) is 0 Å². The number of unbranched alkanes of at least 4 members (excludes halogenated alkanes) is 5. The largest absolute Gasteiger partial charge is 0.394 e. The molecule has 0 amide bonds. The Kier molecular flexibility index (Phi) is 12.4. The van der Waals surface area contributed by atoms with E-state index in [4.69, 9.17) is 10.8 Å². The molecular formula is C19H33ClFNO. The van der Waals surface area contributed by atoms with E-state index in [9.17, 15) is 4.39 Å². The molecule has 0 fully saturated rings. The summed E-state index contributed by atoms with van der Waals surface area (Å²) >= 11 is 0. The first-order valence-electron chi connectivity index (χ1n) is 8.67. The number of aliphatic hydroxyl groups excluding tert-OH is 1. The molecule has 0 aliphatic carbocycles. The van der Waals surface area contributed by atoms with Gasteiger partial charge in [0.15, 0.2) is 0 Å². The fourth-order valence-corrected chi connectivity index (χ4v) is 2.56. The van der Waals surface area contributed by atoms with E-state index in [1.54, 1.807) is 0 Å². The Bertz CT molecular complexity index is 393. The molecule has 0 spiro atoms. The van der Waals surface area contributed by atoms with Gasteiger partial charge >= 0.3 is 0 Å². The fraction of sp³-hybridized carbons (Fsp3) is 0.684. The van der Waals surface area contributed by atoms with E-state index >= 15 is 0 Å². The number of rotatable bonds is 12. The quantitative estimate of drug-likeness (QED) is 0.544. The summed E-state index contributed by atoms with van der Waals surface area (Å²) in [6.45, 7) is 1.25. The van der Waals surface area contributed by atoms with Crippen molar-refractivity contribution in [3.8, 4) is 0 Å². The summed E-state index contributed by atoms with van der Waals surface area (Å²) in [6.07, 6.45) is 10.2. The third-order valence-electron chi connectivity index (χ3n) is 4.33. The Morgan fingerprint density at radius 2 is 1.48 bits per heavy atom. The van der Waals surface area contributed by atoms with E-state index < -0.39 is 12.2 Å². The molecule has 0 saturated heterocycles. The molecule has 1 aromatic carbocycles. The van der Waals surface area contributed by atoms with Gasteiger partial charge in [0.05, 0.1) is 12.1 Å². The average molecular weight is 346 g/mol. The Balaban J connectivity index is 0.00000484. The van der Waals surface area contributed by atoms with Gasteiger partial charge in [-0.15, -0.1) is 12.4 Å². The molecule has 23 heavy (non-hydrogen) atoms. The smallest absolute Gasteiger partial charge is 0.110 e. The summed E-state index contributed by atoms with van der Waals surface area (Å²) in [5, 5.41) is 9.12. The highest BCUT2D eigenvalue weighted by Gasteiger charge is 2.23. The van der Waals surface area contributed by atoms with Crippen molar-refractivity contribution in [3.05, 3.63) is 35.4 Å². The molecular weight excluding hydrogens is 313 g/mol. The van der Waals surface area contributed by atoms with Crippen LogP contribution in [-0.2, 0) is 12.8 Å². The highest BCUT2D eigenvalue weighted by atomic mass is 35.5. The summed E-state index contributed by atoms with van der Waals surface area (Å²) in [5.41, 5.74) is 7.20. The third-order valence-corrected chi connectivity index (χ3v) is 4.33. The zero-order valence-electron chi connectivity index (χ0n) is 14.4. The molecule has 0 bridgehead atoms. The zero-order valence-corrected chi connectivity index (χ0v) is 15.2. The van der Waals surface area contributed by atoms with Gasteiger partial charge in [-0.1, -0.05) is 63.3 Å². The predicted octanol–water partition coefficient (Wildman–Crippen LogP) is 4.60. The first-order valence-corrected chi connectivity index (χ1v) is 8.67. The minimum Gasteiger partial charge on any atom is -0.394 e. The number of alkyl halides is 1. The van der Waals surface area contributed by atoms with Crippen molar-refractivity contribution >= 4 is 12.4 Å². The zero-order chi connectivity index (χ0) is 16.3. The topological polar surface area (TPSA) is 46.2 Å². The van der Waals surface area contributed by atoms with Gasteiger partial charge < -0.3 is 10.8 Å². The van der Waals surface area contributed by atoms with Crippen molar-refractivity contribution in [2.45, 2.75) is 70.3 Å². The molecule has 1 aromatic rings. The number of aliphatic hydroxyl groups is 1. The van der Waals surface area contributed by atoms with Gasteiger partial charge in [-0.3, -0.25) is 0 Å². The maximum atomic E-state index is 12.8. The maximum Gasteiger partial charge on any atom is 0.110 e. The van der Waals surface area contributed by atoms with Gasteiger partial charge in [-0.05, 0) is 36.8 Å². The summed E-state index contributed by atoms with van der Waals surface area (Å²) in [4.78, 5) is 0. The van der Waals surface area contributed by atoms with Crippen LogP contribution in [0.5, 0.6) is 0 Å². The van der Waals surface area contributed by atoms with Crippen LogP contribution in [0.2, 0.25) is 0 Å². The Hall–Kier alpha value is -0.640. The highest BCUT2D eigenvalue weighted by molar-refractivity contribution is 5.85. The molecule has 3 N–H and O–H groups in total. The van der Waals surface area contributed by atoms with Crippen molar-refractivity contribution < 1.29 is 9.50 Å². The van der Waals surface area contributed by atoms with Crippen molar-refractivity contribution in [2.24, 2.45) is 5.73 Å². The van der Waals surface area contributed by atoms with Crippen LogP contribution in [0.25, 0.3) is 0 Å². The molecule has 0 aliphatic heterocycles. The lowest BCUT2D eigenvalue weighted by Gasteiger charge is -2.23. The Morgan fingerprint density at radius 3 is 2.00 bits per heavy atom. The van der Waals surface area contributed by atoms with Crippen molar-refractivity contribution in [1.82, 2.24) is 0 Å². The average Bonchev–Trinajstić information content (AvgIpc) is 2.57. The Morgan fingerprint density at radius 1 is 0.957 bits per heavy atom. The van der Waals surface area contributed by atoms with Crippen LogP contribution in [0.15, 0.2) is 24.3 Å². The first kappa shape index (κ1) is 22.4. The number of hydrogen-bond donors (Lipinski definition) is 2. The highest BCUT2D eigenvalue weighted by Crippen LogP contribution is 2.15. The second kappa shape index (κ2) is 12.7. The van der Waals surface area contributed by atoms with Crippen LogP contribution in [0, 0.1) is 0 Å². The summed E-state index contributed by atoms with van der Waals surface area (Å²) in [5.74, 6) is 0. The number of halogens is 2. The van der Waals surface area contributed by atoms with Crippen LogP contribution in [0.1, 0.15) is 63.0 Å². The molecule has 0 aliphatic rings. The van der Waals surface area contributed by atoms with Crippen LogP contribution < -0.4 is 5.73 Å². The van der Waals surface area contributed by atoms with Crippen LogP contribution >= 0.6 is 12.4 Å². The standard InChI is InChI=1S/C19H32FNO.ClH/c1-2-3-4-5-6-7-8-17-9-11-18(12-10-17)13-14-19(21,15-20)16-22;/h9-12,22H,2-8,13-16,21H2,1H3;1H. The van der Waals surface area contributed by atoms with E-state index in [1.807, 2.05) is 0 Å². The second-order valence-corrected chi connectivity index (χ2v) is 6.49. The van der Waals surface area contributed by atoms with Crippen LogP contribution in [-0.4, -0.2) is 23.9 Å². The second-order valence-electron chi connectivity index (χ2n) is 6.49. The van der Waals surface area contributed by atoms with Gasteiger partial charge in [-0.25, -0.2) is 4.39 Å². The van der Waals surface area contributed by atoms with Crippen LogP contribution in [0.3, 0.4) is 0 Å². The molecule has 134 valence electrons. The van der Waals surface area contributed by atoms with Gasteiger partial charge in [-0.2, -0.15) is 0 Å². The number of benzene rings is 1. The molecule has 2 nitrogen and oxygen atoms in total. The monoisotopic (exact) mass is 345 g/mol. The fourth-order valence-electron chi connectivity index (χ4n) is 2.56. The van der Waals surface area contributed by atoms with Crippen LogP contribution in [0.4, 0.5) is 4.39 Å². The molecule has 0 radical (unpaired) electrons. The third kappa shape index (κ3) is 9.29.